The molecule has 0 saturated carbocycles. The van der Waals surface area contributed by atoms with E-state index >= 15 is 0 Å². The van der Waals surface area contributed by atoms with E-state index in [4.69, 9.17) is 9.72 Å². The van der Waals surface area contributed by atoms with Gasteiger partial charge in [-0.1, -0.05) is 19.1 Å². The Morgan fingerprint density at radius 2 is 2.15 bits per heavy atom. The molecule has 27 heavy (non-hydrogen) atoms. The van der Waals surface area contributed by atoms with Gasteiger partial charge < -0.3 is 15.0 Å². The lowest BCUT2D eigenvalue weighted by atomic mass is 9.98. The fraction of sp³-hybridized carbons (Fsp3) is 0.524. The number of aromatic nitrogens is 1. The number of aliphatic imine (C=N–C) groups is 1. The predicted molar refractivity (Wildman–Crippen MR) is 113 cm³/mol. The molecule has 1 aromatic heterocycles. The lowest BCUT2D eigenvalue weighted by Gasteiger charge is -2.21. The van der Waals surface area contributed by atoms with E-state index in [1.165, 1.54) is 21.1 Å². The van der Waals surface area contributed by atoms with E-state index in [-0.39, 0.29) is 0 Å². The first-order valence-corrected chi connectivity index (χ1v) is 10.5. The summed E-state index contributed by atoms with van der Waals surface area (Å²) in [5.41, 5.74) is 2.61. The van der Waals surface area contributed by atoms with E-state index in [1.807, 2.05) is 30.5 Å². The molecule has 1 N–H and O–H groups in total. The molecule has 1 atom stereocenters. The molecule has 1 unspecified atom stereocenters. The van der Waals surface area contributed by atoms with Crippen LogP contribution in [0.3, 0.4) is 0 Å². The maximum absolute atomic E-state index is 5.26. The smallest absolute Gasteiger partial charge is 0.193 e. The summed E-state index contributed by atoms with van der Waals surface area (Å²) in [7, 11) is 3.57. The fourth-order valence-electron chi connectivity index (χ4n) is 3.64. The first-order chi connectivity index (χ1) is 13.1. The third-order valence-corrected chi connectivity index (χ3v) is 6.25. The molecule has 146 valence electrons. The van der Waals surface area contributed by atoms with Gasteiger partial charge in [-0.05, 0) is 37.5 Å². The van der Waals surface area contributed by atoms with Crippen LogP contribution in [-0.2, 0) is 12.8 Å². The standard InChI is InChI=1S/C21H30N4OS/c1-5-19-15(2)27-20(24-19)10-12-23-21(22-3)25-13-11-17(14-25)16-6-8-18(26-4)9-7-16/h6-9,17H,5,10-14H2,1-4H3,(H,22,23). The van der Waals surface area contributed by atoms with Crippen molar-refractivity contribution in [2.24, 2.45) is 4.99 Å². The Balaban J connectivity index is 1.51. The highest BCUT2D eigenvalue weighted by atomic mass is 32.1. The second-order valence-corrected chi connectivity index (χ2v) is 8.18. The Morgan fingerprint density at radius 3 is 2.78 bits per heavy atom. The maximum Gasteiger partial charge on any atom is 0.193 e. The monoisotopic (exact) mass is 386 g/mol. The maximum atomic E-state index is 5.26. The van der Waals surface area contributed by atoms with Crippen LogP contribution in [0.2, 0.25) is 0 Å². The van der Waals surface area contributed by atoms with Crippen LogP contribution in [0.5, 0.6) is 5.75 Å². The normalized spacial score (nSPS) is 17.4. The molecule has 1 saturated heterocycles. The van der Waals surface area contributed by atoms with Gasteiger partial charge in [0, 0.05) is 43.9 Å². The van der Waals surface area contributed by atoms with Crippen molar-refractivity contribution in [1.82, 2.24) is 15.2 Å². The third kappa shape index (κ3) is 4.80. The first-order valence-electron chi connectivity index (χ1n) is 9.69. The van der Waals surface area contributed by atoms with Crippen LogP contribution in [0.4, 0.5) is 0 Å². The lowest BCUT2D eigenvalue weighted by molar-refractivity contribution is 0.414. The van der Waals surface area contributed by atoms with Crippen molar-refractivity contribution in [3.05, 3.63) is 45.4 Å². The van der Waals surface area contributed by atoms with Gasteiger partial charge >= 0.3 is 0 Å². The summed E-state index contributed by atoms with van der Waals surface area (Å²) in [4.78, 5) is 12.9. The number of guanidine groups is 1. The summed E-state index contributed by atoms with van der Waals surface area (Å²) in [5, 5.41) is 4.73. The van der Waals surface area contributed by atoms with E-state index in [2.05, 4.69) is 41.2 Å². The zero-order valence-electron chi connectivity index (χ0n) is 16.8. The topological polar surface area (TPSA) is 49.8 Å². The zero-order valence-corrected chi connectivity index (χ0v) is 17.6. The average Bonchev–Trinajstić information content (AvgIpc) is 3.32. The number of hydrogen-bond acceptors (Lipinski definition) is 4. The molecule has 0 aliphatic carbocycles. The molecular weight excluding hydrogens is 356 g/mol. The van der Waals surface area contributed by atoms with E-state index in [0.717, 1.165) is 50.6 Å². The molecule has 1 aliphatic heterocycles. The summed E-state index contributed by atoms with van der Waals surface area (Å²) in [6.07, 6.45) is 3.11. The Bertz CT molecular complexity index is 769. The fourth-order valence-corrected chi connectivity index (χ4v) is 4.66. The first kappa shape index (κ1) is 19.7. The average molecular weight is 387 g/mol. The highest BCUT2D eigenvalue weighted by molar-refractivity contribution is 7.11. The molecule has 6 heteroatoms. The number of aryl methyl sites for hydroxylation is 2. The minimum atomic E-state index is 0.545. The zero-order chi connectivity index (χ0) is 19.2. The second-order valence-electron chi connectivity index (χ2n) is 6.89. The van der Waals surface area contributed by atoms with Crippen molar-refractivity contribution in [3.63, 3.8) is 0 Å². The van der Waals surface area contributed by atoms with Gasteiger partial charge in [0.2, 0.25) is 0 Å². The number of ether oxygens (including phenoxy) is 1. The molecule has 0 bridgehead atoms. The van der Waals surface area contributed by atoms with Gasteiger partial charge in [0.25, 0.3) is 0 Å². The summed E-state index contributed by atoms with van der Waals surface area (Å²) in [5.74, 6) is 2.45. The van der Waals surface area contributed by atoms with Crippen LogP contribution in [-0.4, -0.2) is 49.6 Å². The molecular formula is C21H30N4OS. The molecule has 0 radical (unpaired) electrons. The van der Waals surface area contributed by atoms with Crippen molar-refractivity contribution < 1.29 is 4.74 Å². The number of likely N-dealkylation sites (tertiary alicyclic amines) is 1. The third-order valence-electron chi connectivity index (χ3n) is 5.18. The molecule has 1 aromatic carbocycles. The largest absolute Gasteiger partial charge is 0.497 e. The van der Waals surface area contributed by atoms with Gasteiger partial charge in [-0.3, -0.25) is 4.99 Å². The van der Waals surface area contributed by atoms with Crippen LogP contribution in [0, 0.1) is 6.92 Å². The van der Waals surface area contributed by atoms with Crippen LogP contribution < -0.4 is 10.1 Å². The van der Waals surface area contributed by atoms with E-state index < -0.39 is 0 Å². The number of hydrogen-bond donors (Lipinski definition) is 1. The Kier molecular flexibility index (Phi) is 6.72. The molecule has 1 aliphatic rings. The van der Waals surface area contributed by atoms with Crippen molar-refractivity contribution in [1.29, 1.82) is 0 Å². The molecule has 2 aromatic rings. The van der Waals surface area contributed by atoms with Gasteiger partial charge in [-0.2, -0.15) is 0 Å². The molecule has 0 amide bonds. The second kappa shape index (κ2) is 9.22. The van der Waals surface area contributed by atoms with E-state index in [9.17, 15) is 0 Å². The van der Waals surface area contributed by atoms with Gasteiger partial charge in [-0.15, -0.1) is 11.3 Å². The highest BCUT2D eigenvalue weighted by Gasteiger charge is 2.26. The van der Waals surface area contributed by atoms with Crippen molar-refractivity contribution in [2.75, 3.05) is 33.8 Å². The SMILES string of the molecule is CCc1nc(CCNC(=NC)N2CCC(c3ccc(OC)cc3)C2)sc1C. The summed E-state index contributed by atoms with van der Waals surface area (Å²) < 4.78 is 5.26. The van der Waals surface area contributed by atoms with Gasteiger partial charge in [0.15, 0.2) is 5.96 Å². The van der Waals surface area contributed by atoms with Gasteiger partial charge in [0.05, 0.1) is 17.8 Å². The van der Waals surface area contributed by atoms with E-state index in [0.29, 0.717) is 5.92 Å². The van der Waals surface area contributed by atoms with Crippen molar-refractivity contribution in [3.8, 4) is 5.75 Å². The van der Waals surface area contributed by atoms with Crippen LogP contribution in [0.15, 0.2) is 29.3 Å². The number of methoxy groups -OCH3 is 1. The number of benzene rings is 1. The quantitative estimate of drug-likeness (QED) is 0.608. The van der Waals surface area contributed by atoms with Crippen LogP contribution in [0.1, 0.15) is 40.4 Å². The molecule has 5 nitrogen and oxygen atoms in total. The summed E-state index contributed by atoms with van der Waals surface area (Å²) >= 11 is 1.82. The van der Waals surface area contributed by atoms with Gasteiger partial charge in [-0.25, -0.2) is 4.98 Å². The molecule has 0 spiro atoms. The number of nitrogens with one attached hydrogen (secondary N) is 1. The van der Waals surface area contributed by atoms with Crippen LogP contribution >= 0.6 is 11.3 Å². The molecule has 3 rings (SSSR count). The minimum absolute atomic E-state index is 0.545. The van der Waals surface area contributed by atoms with Crippen LogP contribution in [0.25, 0.3) is 0 Å². The lowest BCUT2D eigenvalue weighted by Crippen LogP contribution is -2.40. The predicted octanol–water partition coefficient (Wildman–Crippen LogP) is 3.63. The Morgan fingerprint density at radius 1 is 1.37 bits per heavy atom. The Hall–Kier alpha value is -2.08. The van der Waals surface area contributed by atoms with Crippen molar-refractivity contribution >= 4 is 17.3 Å². The molecule has 1 fully saturated rings. The summed E-state index contributed by atoms with van der Waals surface area (Å²) in [6, 6.07) is 8.45. The highest BCUT2D eigenvalue weighted by Crippen LogP contribution is 2.28. The van der Waals surface area contributed by atoms with Gasteiger partial charge in [0.1, 0.15) is 5.75 Å². The molecule has 2 heterocycles. The minimum Gasteiger partial charge on any atom is -0.497 e. The van der Waals surface area contributed by atoms with E-state index in [1.54, 1.807) is 7.11 Å². The Labute approximate surface area is 166 Å². The number of thiazole rings is 1. The number of nitrogens with zero attached hydrogens (tertiary/aromatic N) is 3. The number of rotatable bonds is 6. The summed E-state index contributed by atoms with van der Waals surface area (Å²) in [6.45, 7) is 7.23. The van der Waals surface area contributed by atoms with Crippen molar-refractivity contribution in [2.45, 2.75) is 39.0 Å².